The Bertz CT molecular complexity index is 977. The number of rotatable bonds is 6. The van der Waals surface area contributed by atoms with Crippen LogP contribution in [0.2, 0.25) is 0 Å². The maximum Gasteiger partial charge on any atom is 0.295 e. The summed E-state index contributed by atoms with van der Waals surface area (Å²) >= 11 is 0. The van der Waals surface area contributed by atoms with Crippen LogP contribution < -0.4 is 0 Å². The predicted octanol–water partition coefficient (Wildman–Crippen LogP) is 4.13. The Morgan fingerprint density at radius 1 is 1.10 bits per heavy atom. The summed E-state index contributed by atoms with van der Waals surface area (Å²) in [4.78, 5) is 37.4. The van der Waals surface area contributed by atoms with E-state index in [1.54, 1.807) is 12.1 Å². The van der Waals surface area contributed by atoms with E-state index in [2.05, 4.69) is 0 Å². The second-order valence-corrected chi connectivity index (χ2v) is 7.06. The summed E-state index contributed by atoms with van der Waals surface area (Å²) in [6, 6.07) is 11.9. The van der Waals surface area contributed by atoms with Crippen molar-refractivity contribution in [3.05, 3.63) is 80.9 Å². The first-order chi connectivity index (χ1) is 13.8. The van der Waals surface area contributed by atoms with Crippen molar-refractivity contribution in [1.29, 1.82) is 0 Å². The second-order valence-electron chi connectivity index (χ2n) is 7.06. The van der Waals surface area contributed by atoms with Gasteiger partial charge in [0, 0.05) is 24.2 Å². The molecule has 150 valence electrons. The molecule has 0 aromatic heterocycles. The number of hydrogen-bond acceptors (Lipinski definition) is 5. The van der Waals surface area contributed by atoms with Gasteiger partial charge in [0.1, 0.15) is 5.76 Å². The molecule has 2 aromatic carbocycles. The first-order valence-corrected chi connectivity index (χ1v) is 9.45. The monoisotopic (exact) mass is 394 g/mol. The third-order valence-electron chi connectivity index (χ3n) is 5.04. The average Bonchev–Trinajstić information content (AvgIpc) is 2.97. The van der Waals surface area contributed by atoms with Gasteiger partial charge in [-0.05, 0) is 31.0 Å². The van der Waals surface area contributed by atoms with Crippen molar-refractivity contribution in [2.45, 2.75) is 32.7 Å². The molecule has 1 N–H and O–H groups in total. The fraction of sp³-hybridized carbons (Fsp3) is 0.273. The van der Waals surface area contributed by atoms with Crippen LogP contribution in [0.15, 0.2) is 54.1 Å². The average molecular weight is 394 g/mol. The molecule has 1 saturated heterocycles. The number of benzene rings is 2. The highest BCUT2D eigenvalue weighted by Crippen LogP contribution is 2.39. The Morgan fingerprint density at radius 3 is 2.28 bits per heavy atom. The number of non-ortho nitro benzene ring substituents is 1. The lowest BCUT2D eigenvalue weighted by Crippen LogP contribution is -2.30. The lowest BCUT2D eigenvalue weighted by atomic mass is 9.95. The molecular formula is C22H22N2O5. The Balaban J connectivity index is 2.14. The highest BCUT2D eigenvalue weighted by atomic mass is 16.6. The molecule has 1 unspecified atom stereocenters. The van der Waals surface area contributed by atoms with E-state index in [1.165, 1.54) is 29.2 Å². The number of aliphatic hydroxyl groups excluding tert-OH is 1. The van der Waals surface area contributed by atoms with E-state index >= 15 is 0 Å². The van der Waals surface area contributed by atoms with E-state index in [4.69, 9.17) is 0 Å². The molecule has 1 fully saturated rings. The number of aliphatic hydroxyl groups is 1. The molecule has 1 aliphatic heterocycles. The molecule has 1 heterocycles. The van der Waals surface area contributed by atoms with Gasteiger partial charge in [0.15, 0.2) is 0 Å². The van der Waals surface area contributed by atoms with Crippen molar-refractivity contribution in [3.63, 3.8) is 0 Å². The first kappa shape index (κ1) is 20.3. The maximum atomic E-state index is 12.8. The summed E-state index contributed by atoms with van der Waals surface area (Å²) in [5.41, 5.74) is 1.90. The van der Waals surface area contributed by atoms with Gasteiger partial charge >= 0.3 is 0 Å². The van der Waals surface area contributed by atoms with Gasteiger partial charge in [-0.3, -0.25) is 19.7 Å². The van der Waals surface area contributed by atoms with E-state index in [1.807, 2.05) is 26.0 Å². The Labute approximate surface area is 168 Å². The van der Waals surface area contributed by atoms with Crippen LogP contribution in [0.1, 0.15) is 42.5 Å². The zero-order valence-corrected chi connectivity index (χ0v) is 16.3. The third-order valence-corrected chi connectivity index (χ3v) is 5.04. The highest BCUT2D eigenvalue weighted by Gasteiger charge is 2.45. The number of likely N-dealkylation sites (tertiary alicyclic amines) is 1. The third kappa shape index (κ3) is 3.89. The van der Waals surface area contributed by atoms with Gasteiger partial charge in [0.2, 0.25) is 0 Å². The van der Waals surface area contributed by atoms with Crippen molar-refractivity contribution >= 4 is 23.1 Å². The number of unbranched alkanes of at least 4 members (excludes halogenated alkanes) is 1. The van der Waals surface area contributed by atoms with E-state index in [-0.39, 0.29) is 17.0 Å². The van der Waals surface area contributed by atoms with Gasteiger partial charge in [-0.1, -0.05) is 43.2 Å². The Morgan fingerprint density at radius 2 is 1.72 bits per heavy atom. The van der Waals surface area contributed by atoms with E-state index in [0.717, 1.165) is 12.0 Å². The van der Waals surface area contributed by atoms with Crippen LogP contribution in [0, 0.1) is 17.0 Å². The fourth-order valence-electron chi connectivity index (χ4n) is 3.43. The van der Waals surface area contributed by atoms with Crippen molar-refractivity contribution in [1.82, 2.24) is 4.90 Å². The van der Waals surface area contributed by atoms with Crippen LogP contribution in [-0.2, 0) is 9.59 Å². The van der Waals surface area contributed by atoms with E-state index in [9.17, 15) is 24.8 Å². The normalized spacial score (nSPS) is 18.3. The molecule has 0 aliphatic carbocycles. The number of hydrogen-bond donors (Lipinski definition) is 1. The quantitative estimate of drug-likeness (QED) is 0.261. The summed E-state index contributed by atoms with van der Waals surface area (Å²) in [6.07, 6.45) is 1.52. The molecule has 7 nitrogen and oxygen atoms in total. The van der Waals surface area contributed by atoms with E-state index in [0.29, 0.717) is 24.1 Å². The van der Waals surface area contributed by atoms with Crippen molar-refractivity contribution in [2.75, 3.05) is 6.54 Å². The number of Topliss-reactive ketones (excluding diaryl/α,β-unsaturated/α-hetero) is 1. The number of carbonyl (C=O) groups is 2. The van der Waals surface area contributed by atoms with Crippen LogP contribution in [0.3, 0.4) is 0 Å². The van der Waals surface area contributed by atoms with Gasteiger partial charge in [0.05, 0.1) is 16.5 Å². The molecule has 1 amide bonds. The zero-order valence-electron chi connectivity index (χ0n) is 16.3. The SMILES string of the molecule is CCCCN1C(=O)C(=O)/C(=C(/O)c2ccc(C)cc2)C1c1ccc([N+](=O)[O-])cc1. The maximum absolute atomic E-state index is 12.8. The number of aryl methyl sites for hydroxylation is 1. The van der Waals surface area contributed by atoms with Crippen LogP contribution >= 0.6 is 0 Å². The summed E-state index contributed by atoms with van der Waals surface area (Å²) in [5.74, 6) is -1.66. The van der Waals surface area contributed by atoms with Crippen molar-refractivity contribution in [3.8, 4) is 0 Å². The second kappa shape index (κ2) is 8.26. The molecule has 2 aromatic rings. The van der Waals surface area contributed by atoms with Crippen molar-refractivity contribution < 1.29 is 19.6 Å². The fourth-order valence-corrected chi connectivity index (χ4v) is 3.43. The minimum absolute atomic E-state index is 0.00353. The number of carbonyl (C=O) groups excluding carboxylic acids is 2. The molecule has 3 rings (SSSR count). The molecule has 0 saturated carbocycles. The minimum Gasteiger partial charge on any atom is -0.507 e. The number of ketones is 1. The zero-order chi connectivity index (χ0) is 21.1. The van der Waals surface area contributed by atoms with Crippen LogP contribution in [0.4, 0.5) is 5.69 Å². The number of nitro benzene ring substituents is 1. The van der Waals surface area contributed by atoms with E-state index < -0.39 is 22.7 Å². The molecule has 29 heavy (non-hydrogen) atoms. The minimum atomic E-state index is -0.788. The van der Waals surface area contributed by atoms with Gasteiger partial charge in [0.25, 0.3) is 17.4 Å². The van der Waals surface area contributed by atoms with Gasteiger partial charge in [-0.25, -0.2) is 0 Å². The Kier molecular flexibility index (Phi) is 5.77. The molecule has 0 bridgehead atoms. The molecule has 1 atom stereocenters. The first-order valence-electron chi connectivity index (χ1n) is 9.45. The number of nitro groups is 1. The summed E-state index contributed by atoms with van der Waals surface area (Å²) in [5, 5.41) is 21.9. The molecule has 7 heteroatoms. The van der Waals surface area contributed by atoms with Gasteiger partial charge in [-0.2, -0.15) is 0 Å². The van der Waals surface area contributed by atoms with Crippen LogP contribution in [0.5, 0.6) is 0 Å². The standard InChI is InChI=1S/C22H22N2O5/c1-3-4-13-23-19(15-9-11-17(12-10-15)24(28)29)18(21(26)22(23)27)20(25)16-7-5-14(2)6-8-16/h5-12,19,25H,3-4,13H2,1-2H3/b20-18+. The summed E-state index contributed by atoms with van der Waals surface area (Å²) in [7, 11) is 0. The van der Waals surface area contributed by atoms with Gasteiger partial charge in [-0.15, -0.1) is 0 Å². The Hall–Kier alpha value is -3.48. The van der Waals surface area contributed by atoms with Gasteiger partial charge < -0.3 is 10.0 Å². The van der Waals surface area contributed by atoms with Crippen LogP contribution in [-0.4, -0.2) is 33.2 Å². The predicted molar refractivity (Wildman–Crippen MR) is 108 cm³/mol. The molecule has 0 radical (unpaired) electrons. The summed E-state index contributed by atoms with van der Waals surface area (Å²) < 4.78 is 0. The van der Waals surface area contributed by atoms with Crippen LogP contribution in [0.25, 0.3) is 5.76 Å². The topological polar surface area (TPSA) is 101 Å². The highest BCUT2D eigenvalue weighted by molar-refractivity contribution is 6.46. The molecule has 1 aliphatic rings. The molecule has 0 spiro atoms. The largest absolute Gasteiger partial charge is 0.507 e. The number of nitrogens with zero attached hydrogens (tertiary/aromatic N) is 2. The summed E-state index contributed by atoms with van der Waals surface area (Å²) in [6.45, 7) is 4.24. The lowest BCUT2D eigenvalue weighted by molar-refractivity contribution is -0.384. The number of amides is 1. The lowest BCUT2D eigenvalue weighted by Gasteiger charge is -2.25. The smallest absolute Gasteiger partial charge is 0.295 e. The van der Waals surface area contributed by atoms with Crippen molar-refractivity contribution in [2.24, 2.45) is 0 Å². The molecular weight excluding hydrogens is 372 g/mol.